The van der Waals surface area contributed by atoms with Crippen LogP contribution in [0.15, 0.2) is 12.2 Å². The third kappa shape index (κ3) is 37.0. The van der Waals surface area contributed by atoms with Crippen molar-refractivity contribution in [2.24, 2.45) is 0 Å². The van der Waals surface area contributed by atoms with E-state index in [9.17, 15) is 34.5 Å². The van der Waals surface area contributed by atoms with Crippen LogP contribution in [0.4, 0.5) is 0 Å². The van der Waals surface area contributed by atoms with Crippen molar-refractivity contribution < 1.29 is 58.2 Å². The van der Waals surface area contributed by atoms with Crippen LogP contribution in [0.25, 0.3) is 0 Å². The number of unbranched alkanes of at least 4 members (excludes halogenated alkanes) is 33. The van der Waals surface area contributed by atoms with E-state index in [1.54, 1.807) is 0 Å². The number of aliphatic hydroxyl groups is 2. The Morgan fingerprint density at radius 2 is 0.826 bits per heavy atom. The number of carbonyl (C=O) groups excluding carboxylic acids is 3. The SMILES string of the molecule is CCCCCCCC/C=C\CCCCCCCC(=O)OC1C(OCC(COC(=O)CCCCCCCCCCCCCCC)OC(=O)CCCCCCCCCCCCC)OC(C(=O)O)C(O)C1O. The Morgan fingerprint density at radius 3 is 1.23 bits per heavy atom. The molecule has 0 spiro atoms. The molecule has 3 N–H and O–H groups in total. The number of hydrogen-bond donors (Lipinski definition) is 3. The lowest BCUT2D eigenvalue weighted by molar-refractivity contribution is -0.301. The molecule has 0 aromatic carbocycles. The van der Waals surface area contributed by atoms with Crippen LogP contribution in [0, 0.1) is 0 Å². The summed E-state index contributed by atoms with van der Waals surface area (Å²) in [6.07, 6.45) is 37.6. The third-order valence-corrected chi connectivity index (χ3v) is 13.3. The first-order valence-electron chi connectivity index (χ1n) is 28.7. The molecule has 0 aromatic rings. The second-order valence-electron chi connectivity index (χ2n) is 19.9. The Morgan fingerprint density at radius 1 is 0.464 bits per heavy atom. The summed E-state index contributed by atoms with van der Waals surface area (Å²) in [6.45, 7) is 5.99. The normalized spacial score (nSPS) is 18.7. The molecule has 12 heteroatoms. The summed E-state index contributed by atoms with van der Waals surface area (Å²) in [5.74, 6) is -3.10. The van der Waals surface area contributed by atoms with E-state index in [1.165, 1.54) is 141 Å². The lowest BCUT2D eigenvalue weighted by Crippen LogP contribution is -2.61. The maximum Gasteiger partial charge on any atom is 0.335 e. The molecule has 1 fully saturated rings. The van der Waals surface area contributed by atoms with E-state index >= 15 is 0 Å². The zero-order chi connectivity index (χ0) is 50.4. The fourth-order valence-electron chi connectivity index (χ4n) is 8.89. The van der Waals surface area contributed by atoms with E-state index in [0.717, 1.165) is 77.0 Å². The molecule has 1 saturated heterocycles. The van der Waals surface area contributed by atoms with Gasteiger partial charge in [0.05, 0.1) is 6.61 Å². The van der Waals surface area contributed by atoms with Crippen LogP contribution < -0.4 is 0 Å². The minimum atomic E-state index is -1.90. The molecule has 0 aliphatic carbocycles. The number of aliphatic hydroxyl groups excluding tert-OH is 2. The Labute approximate surface area is 420 Å². The molecule has 1 rings (SSSR count). The van der Waals surface area contributed by atoms with E-state index in [1.807, 2.05) is 0 Å². The van der Waals surface area contributed by atoms with E-state index in [0.29, 0.717) is 19.3 Å². The van der Waals surface area contributed by atoms with Crippen LogP contribution >= 0.6 is 0 Å². The molecule has 1 aliphatic rings. The topological polar surface area (TPSA) is 175 Å². The number of carboxylic acid groups (broad SMARTS) is 1. The van der Waals surface area contributed by atoms with Gasteiger partial charge in [0.1, 0.15) is 18.8 Å². The highest BCUT2D eigenvalue weighted by molar-refractivity contribution is 5.74. The smallest absolute Gasteiger partial charge is 0.335 e. The van der Waals surface area contributed by atoms with Crippen molar-refractivity contribution in [3.63, 3.8) is 0 Å². The summed E-state index contributed by atoms with van der Waals surface area (Å²) in [6, 6.07) is 0. The summed E-state index contributed by atoms with van der Waals surface area (Å²) >= 11 is 0. The fourth-order valence-corrected chi connectivity index (χ4v) is 8.89. The minimum Gasteiger partial charge on any atom is -0.479 e. The van der Waals surface area contributed by atoms with Crippen molar-refractivity contribution in [1.29, 1.82) is 0 Å². The number of rotatable bonds is 49. The van der Waals surface area contributed by atoms with Gasteiger partial charge in [-0.1, -0.05) is 226 Å². The van der Waals surface area contributed by atoms with Gasteiger partial charge in [-0.15, -0.1) is 0 Å². The van der Waals surface area contributed by atoms with Gasteiger partial charge in [-0.2, -0.15) is 0 Å². The van der Waals surface area contributed by atoms with Crippen LogP contribution in [-0.4, -0.2) is 89.2 Å². The van der Waals surface area contributed by atoms with E-state index in [2.05, 4.69) is 32.9 Å². The monoisotopic (exact) mass is 981 g/mol. The highest BCUT2D eigenvalue weighted by Gasteiger charge is 2.50. The highest BCUT2D eigenvalue weighted by atomic mass is 16.7. The van der Waals surface area contributed by atoms with Gasteiger partial charge in [0.2, 0.25) is 0 Å². The maximum atomic E-state index is 13.1. The van der Waals surface area contributed by atoms with Crippen LogP contribution in [0.3, 0.4) is 0 Å². The third-order valence-electron chi connectivity index (χ3n) is 13.3. The molecule has 404 valence electrons. The Kier molecular flexibility index (Phi) is 43.5. The predicted octanol–water partition coefficient (Wildman–Crippen LogP) is 14.1. The zero-order valence-corrected chi connectivity index (χ0v) is 44.3. The standard InChI is InChI=1S/C57H104O12/c1-4-7-10-13-16-19-22-24-25-27-30-33-36-39-42-45-51(60)68-55-53(62)52(61)54(56(63)64)69-57(55)66-47-48(67-50(59)44-41-38-35-32-28-21-18-15-12-9-6-3)46-65-49(58)43-40-37-34-31-29-26-23-20-17-14-11-8-5-2/h24-25,48,52-55,57,61-62H,4-23,26-47H2,1-3H3,(H,63,64)/b25-24-. The van der Waals surface area contributed by atoms with Gasteiger partial charge in [0, 0.05) is 19.3 Å². The Bertz CT molecular complexity index is 1260. The van der Waals surface area contributed by atoms with Crippen molar-refractivity contribution in [2.45, 2.75) is 314 Å². The fraction of sp³-hybridized carbons (Fsp3) is 0.895. The van der Waals surface area contributed by atoms with Gasteiger partial charge in [-0.3, -0.25) is 14.4 Å². The summed E-state index contributed by atoms with van der Waals surface area (Å²) in [5, 5.41) is 31.4. The number of allylic oxidation sites excluding steroid dienone is 2. The van der Waals surface area contributed by atoms with Gasteiger partial charge < -0.3 is 39.0 Å². The summed E-state index contributed by atoms with van der Waals surface area (Å²) in [5.41, 5.74) is 0. The number of carboxylic acids is 1. The van der Waals surface area contributed by atoms with Crippen molar-refractivity contribution in [3.05, 3.63) is 12.2 Å². The summed E-state index contributed by atoms with van der Waals surface area (Å²) in [4.78, 5) is 50.9. The van der Waals surface area contributed by atoms with Crippen LogP contribution in [0.2, 0.25) is 0 Å². The highest BCUT2D eigenvalue weighted by Crippen LogP contribution is 2.26. The van der Waals surface area contributed by atoms with E-state index in [4.69, 9.17) is 23.7 Å². The number of ether oxygens (including phenoxy) is 5. The van der Waals surface area contributed by atoms with E-state index < -0.39 is 67.3 Å². The molecule has 0 saturated carbocycles. The summed E-state index contributed by atoms with van der Waals surface area (Å²) in [7, 11) is 0. The zero-order valence-electron chi connectivity index (χ0n) is 44.3. The van der Waals surface area contributed by atoms with Gasteiger partial charge in [-0.25, -0.2) is 4.79 Å². The van der Waals surface area contributed by atoms with Crippen LogP contribution in [0.5, 0.6) is 0 Å². The van der Waals surface area contributed by atoms with Gasteiger partial charge in [0.15, 0.2) is 24.6 Å². The molecule has 1 aliphatic heterocycles. The molecule has 0 bridgehead atoms. The van der Waals surface area contributed by atoms with Crippen molar-refractivity contribution in [1.82, 2.24) is 0 Å². The van der Waals surface area contributed by atoms with Crippen molar-refractivity contribution >= 4 is 23.9 Å². The molecule has 0 radical (unpaired) electrons. The maximum absolute atomic E-state index is 13.1. The molecule has 0 amide bonds. The van der Waals surface area contributed by atoms with Crippen molar-refractivity contribution in [3.8, 4) is 0 Å². The first-order valence-corrected chi connectivity index (χ1v) is 28.7. The quantitative estimate of drug-likeness (QED) is 0.0228. The molecule has 1 heterocycles. The molecular weight excluding hydrogens is 877 g/mol. The lowest BCUT2D eigenvalue weighted by atomic mass is 9.98. The molecule has 69 heavy (non-hydrogen) atoms. The molecule has 0 aromatic heterocycles. The summed E-state index contributed by atoms with van der Waals surface area (Å²) < 4.78 is 28.4. The second-order valence-corrected chi connectivity index (χ2v) is 19.9. The van der Waals surface area contributed by atoms with Gasteiger partial charge in [0.25, 0.3) is 0 Å². The molecule has 6 atom stereocenters. The Balaban J connectivity index is 2.69. The van der Waals surface area contributed by atoms with Gasteiger partial charge in [-0.05, 0) is 44.9 Å². The predicted molar refractivity (Wildman–Crippen MR) is 276 cm³/mol. The molecule has 6 unspecified atom stereocenters. The number of carbonyl (C=O) groups is 4. The lowest BCUT2D eigenvalue weighted by Gasteiger charge is -2.40. The molecular formula is C57H104O12. The van der Waals surface area contributed by atoms with Crippen LogP contribution in [-0.2, 0) is 42.9 Å². The van der Waals surface area contributed by atoms with Crippen LogP contribution in [0.1, 0.15) is 278 Å². The van der Waals surface area contributed by atoms with Gasteiger partial charge >= 0.3 is 23.9 Å². The average Bonchev–Trinajstić information content (AvgIpc) is 3.33. The molecule has 12 nitrogen and oxygen atoms in total. The van der Waals surface area contributed by atoms with E-state index in [-0.39, 0.29) is 25.9 Å². The largest absolute Gasteiger partial charge is 0.479 e. The average molecular weight is 981 g/mol. The minimum absolute atomic E-state index is 0.0566. The Hall–Kier alpha value is -2.54. The van der Waals surface area contributed by atoms with Crippen molar-refractivity contribution in [2.75, 3.05) is 13.2 Å². The number of hydrogen-bond acceptors (Lipinski definition) is 11. The first kappa shape index (κ1) is 64.5. The number of aliphatic carboxylic acids is 1. The number of esters is 3. The first-order chi connectivity index (χ1) is 33.6. The second kappa shape index (κ2) is 46.5.